The van der Waals surface area contributed by atoms with Gasteiger partial charge in [-0.3, -0.25) is 4.55 Å². The Morgan fingerprint density at radius 3 is 2.11 bits per heavy atom. The largest absolute Gasteiger partial charge is 0.497 e. The second-order valence-corrected chi connectivity index (χ2v) is 5.29. The van der Waals surface area contributed by atoms with Gasteiger partial charge in [-0.25, -0.2) is 0 Å². The highest BCUT2D eigenvalue weighted by Crippen LogP contribution is 2.08. The van der Waals surface area contributed by atoms with E-state index in [-0.39, 0.29) is 4.90 Å². The Kier molecular flexibility index (Phi) is 5.12. The van der Waals surface area contributed by atoms with Gasteiger partial charge < -0.3 is 4.74 Å². The molecule has 0 aliphatic carbocycles. The van der Waals surface area contributed by atoms with Crippen molar-refractivity contribution in [2.45, 2.75) is 18.7 Å². The van der Waals surface area contributed by atoms with Gasteiger partial charge in [0.2, 0.25) is 0 Å². The molecule has 1 aromatic rings. The molecule has 0 radical (unpaired) electrons. The smallest absolute Gasteiger partial charge is 0.294 e. The van der Waals surface area contributed by atoms with Crippen LogP contribution in [0.5, 0.6) is 0 Å². The molecule has 0 saturated heterocycles. The first kappa shape index (κ1) is 14.5. The van der Waals surface area contributed by atoms with E-state index in [1.807, 2.05) is 19.1 Å². The molecule has 4 nitrogen and oxygen atoms in total. The highest BCUT2D eigenvalue weighted by Gasteiger charge is 2.06. The molecule has 1 aliphatic heterocycles. The standard InChI is InChI=1S/C7H8O3S.C6H8O/c1-6-2-4-7(5-3-6)11(8,9)10;1-6-2-4-7-5-3-6/h2-5H,1H3,(H,8,9,10);2-4H,5H2,1H3. The summed E-state index contributed by atoms with van der Waals surface area (Å²) in [6.07, 6.45) is 5.71. The van der Waals surface area contributed by atoms with Crippen molar-refractivity contribution in [1.82, 2.24) is 0 Å². The van der Waals surface area contributed by atoms with Crippen molar-refractivity contribution in [3.63, 3.8) is 0 Å². The summed E-state index contributed by atoms with van der Waals surface area (Å²) in [5, 5.41) is 0. The SMILES string of the molecule is CC1=CCOC=C1.Cc1ccc(S(=O)(=O)O)cc1. The lowest BCUT2D eigenvalue weighted by molar-refractivity contribution is 0.284. The van der Waals surface area contributed by atoms with Gasteiger partial charge in [0.25, 0.3) is 10.1 Å². The molecule has 1 N–H and O–H groups in total. The molecule has 0 bridgehead atoms. The van der Waals surface area contributed by atoms with Crippen LogP contribution in [-0.4, -0.2) is 19.6 Å². The second kappa shape index (κ2) is 6.37. The maximum atomic E-state index is 10.5. The number of hydrogen-bond acceptors (Lipinski definition) is 3. The Hall–Kier alpha value is -1.59. The minimum atomic E-state index is -4.02. The molecule has 5 heteroatoms. The van der Waals surface area contributed by atoms with Crippen molar-refractivity contribution in [3.8, 4) is 0 Å². The predicted molar refractivity (Wildman–Crippen MR) is 69.8 cm³/mol. The van der Waals surface area contributed by atoms with Gasteiger partial charge in [-0.05, 0) is 43.7 Å². The van der Waals surface area contributed by atoms with Crippen molar-refractivity contribution in [3.05, 3.63) is 53.8 Å². The molecule has 0 unspecified atom stereocenters. The van der Waals surface area contributed by atoms with Gasteiger partial charge >= 0.3 is 0 Å². The highest BCUT2D eigenvalue weighted by molar-refractivity contribution is 7.85. The van der Waals surface area contributed by atoms with Crippen LogP contribution >= 0.6 is 0 Å². The van der Waals surface area contributed by atoms with Gasteiger partial charge in [0.1, 0.15) is 6.61 Å². The number of benzene rings is 1. The van der Waals surface area contributed by atoms with Crippen LogP contribution in [0, 0.1) is 6.92 Å². The van der Waals surface area contributed by atoms with E-state index >= 15 is 0 Å². The third-order valence-electron chi connectivity index (χ3n) is 2.25. The molecule has 0 atom stereocenters. The fourth-order valence-electron chi connectivity index (χ4n) is 1.17. The lowest BCUT2D eigenvalue weighted by Gasteiger charge is -2.00. The molecule has 0 saturated carbocycles. The summed E-state index contributed by atoms with van der Waals surface area (Å²) < 4.78 is 34.4. The molecule has 1 aromatic carbocycles. The number of ether oxygens (including phenoxy) is 1. The fourth-order valence-corrected chi connectivity index (χ4v) is 1.65. The van der Waals surface area contributed by atoms with Crippen molar-refractivity contribution >= 4 is 10.1 Å². The highest BCUT2D eigenvalue weighted by atomic mass is 32.2. The molecular formula is C13H16O4S. The predicted octanol–water partition coefficient (Wildman–Crippen LogP) is 2.72. The topological polar surface area (TPSA) is 63.6 Å². The minimum absolute atomic E-state index is 0.0666. The molecule has 0 amide bonds. The summed E-state index contributed by atoms with van der Waals surface area (Å²) >= 11 is 0. The van der Waals surface area contributed by atoms with Crippen molar-refractivity contribution in [2.75, 3.05) is 6.61 Å². The van der Waals surface area contributed by atoms with Gasteiger partial charge in [-0.15, -0.1) is 0 Å². The number of hydrogen-bond donors (Lipinski definition) is 1. The zero-order chi connectivity index (χ0) is 13.6. The van der Waals surface area contributed by atoms with E-state index < -0.39 is 10.1 Å². The molecule has 1 aliphatic rings. The summed E-state index contributed by atoms with van der Waals surface area (Å²) in [6, 6.07) is 5.99. The summed E-state index contributed by atoms with van der Waals surface area (Å²) in [5.74, 6) is 0. The van der Waals surface area contributed by atoms with Gasteiger partial charge in [-0.1, -0.05) is 17.7 Å². The first-order valence-corrected chi connectivity index (χ1v) is 6.82. The maximum absolute atomic E-state index is 10.5. The Morgan fingerprint density at radius 1 is 1.17 bits per heavy atom. The van der Waals surface area contributed by atoms with Crippen LogP contribution in [0.4, 0.5) is 0 Å². The molecule has 1 heterocycles. The lowest BCUT2D eigenvalue weighted by Crippen LogP contribution is -1.96. The van der Waals surface area contributed by atoms with Crippen LogP contribution in [0.2, 0.25) is 0 Å². The zero-order valence-corrected chi connectivity index (χ0v) is 11.1. The van der Waals surface area contributed by atoms with Crippen molar-refractivity contribution in [2.24, 2.45) is 0 Å². The van der Waals surface area contributed by atoms with Crippen LogP contribution < -0.4 is 0 Å². The molecule has 0 fully saturated rings. The number of aryl methyl sites for hydroxylation is 1. The van der Waals surface area contributed by atoms with Crippen molar-refractivity contribution in [1.29, 1.82) is 0 Å². The van der Waals surface area contributed by atoms with Crippen LogP contribution in [0.25, 0.3) is 0 Å². The molecule has 98 valence electrons. The van der Waals surface area contributed by atoms with Gasteiger partial charge in [0.05, 0.1) is 11.2 Å². The van der Waals surface area contributed by atoms with Crippen molar-refractivity contribution < 1.29 is 17.7 Å². The first-order valence-electron chi connectivity index (χ1n) is 5.38. The molecule has 0 aromatic heterocycles. The average Bonchev–Trinajstić information content (AvgIpc) is 2.30. The molecule has 0 spiro atoms. The van der Waals surface area contributed by atoms with E-state index in [9.17, 15) is 8.42 Å². The van der Waals surface area contributed by atoms with E-state index in [1.165, 1.54) is 17.7 Å². The quantitative estimate of drug-likeness (QED) is 0.795. The number of allylic oxidation sites excluding steroid dienone is 2. The fraction of sp³-hybridized carbons (Fsp3) is 0.231. The average molecular weight is 268 g/mol. The third-order valence-corrected chi connectivity index (χ3v) is 3.12. The minimum Gasteiger partial charge on any atom is -0.497 e. The first-order chi connectivity index (χ1) is 8.39. The monoisotopic (exact) mass is 268 g/mol. The Balaban J connectivity index is 0.000000199. The van der Waals surface area contributed by atoms with Crippen LogP contribution in [0.1, 0.15) is 12.5 Å². The third kappa shape index (κ3) is 5.16. The summed E-state index contributed by atoms with van der Waals surface area (Å²) in [6.45, 7) is 4.63. The second-order valence-electron chi connectivity index (χ2n) is 3.87. The number of rotatable bonds is 1. The zero-order valence-electron chi connectivity index (χ0n) is 10.3. The van der Waals surface area contributed by atoms with Crippen LogP contribution in [0.15, 0.2) is 53.1 Å². The normalized spacial score (nSPS) is 14.1. The van der Waals surface area contributed by atoms with E-state index in [1.54, 1.807) is 18.4 Å². The molecule has 2 rings (SSSR count). The maximum Gasteiger partial charge on any atom is 0.294 e. The molecular weight excluding hydrogens is 252 g/mol. The van der Waals surface area contributed by atoms with E-state index in [4.69, 9.17) is 9.29 Å². The van der Waals surface area contributed by atoms with Gasteiger partial charge in [-0.2, -0.15) is 8.42 Å². The van der Waals surface area contributed by atoms with E-state index in [0.717, 1.165) is 12.2 Å². The van der Waals surface area contributed by atoms with Gasteiger partial charge in [0.15, 0.2) is 0 Å². The summed E-state index contributed by atoms with van der Waals surface area (Å²) in [7, 11) is -4.02. The lowest BCUT2D eigenvalue weighted by atomic mass is 10.2. The Morgan fingerprint density at radius 2 is 1.78 bits per heavy atom. The Bertz CT molecular complexity index is 539. The van der Waals surface area contributed by atoms with E-state index in [0.29, 0.717) is 0 Å². The van der Waals surface area contributed by atoms with Crippen LogP contribution in [0.3, 0.4) is 0 Å². The Labute approximate surface area is 107 Å². The van der Waals surface area contributed by atoms with E-state index in [2.05, 4.69) is 6.92 Å². The summed E-state index contributed by atoms with van der Waals surface area (Å²) in [5.41, 5.74) is 2.24. The van der Waals surface area contributed by atoms with Crippen LogP contribution in [-0.2, 0) is 14.9 Å². The summed E-state index contributed by atoms with van der Waals surface area (Å²) in [4.78, 5) is -0.0666. The molecule has 18 heavy (non-hydrogen) atoms. The van der Waals surface area contributed by atoms with Gasteiger partial charge in [0, 0.05) is 0 Å².